The Labute approximate surface area is 150 Å². The second-order valence-electron chi connectivity index (χ2n) is 5.13. The molecule has 7 heteroatoms. The molecule has 1 N–H and O–H groups in total. The normalized spacial score (nSPS) is 9.84. The van der Waals surface area contributed by atoms with Gasteiger partial charge < -0.3 is 10.1 Å². The van der Waals surface area contributed by atoms with Gasteiger partial charge in [-0.3, -0.25) is 14.6 Å². The summed E-state index contributed by atoms with van der Waals surface area (Å²) in [5.41, 5.74) is 1.64. The van der Waals surface area contributed by atoms with Gasteiger partial charge in [0.2, 0.25) is 5.91 Å². The Kier molecular flexibility index (Phi) is 7.11. The molecule has 6 nitrogen and oxygen atoms in total. The molecule has 0 spiro atoms. The molecule has 2 aromatic rings. The molecule has 0 aromatic carbocycles. The minimum Gasteiger partial charge on any atom is -0.466 e. The third-order valence-corrected chi connectivity index (χ3v) is 4.12. The first-order valence-electron chi connectivity index (χ1n) is 7.93. The summed E-state index contributed by atoms with van der Waals surface area (Å²) in [4.78, 5) is 32.2. The highest BCUT2D eigenvalue weighted by Crippen LogP contribution is 2.22. The van der Waals surface area contributed by atoms with E-state index in [2.05, 4.69) is 27.1 Å². The fraction of sp³-hybridized carbons (Fsp3) is 0.333. The van der Waals surface area contributed by atoms with Gasteiger partial charge in [0.05, 0.1) is 12.3 Å². The van der Waals surface area contributed by atoms with E-state index in [-0.39, 0.29) is 24.7 Å². The molecule has 0 atom stereocenters. The van der Waals surface area contributed by atoms with Gasteiger partial charge in [0.25, 0.3) is 0 Å². The summed E-state index contributed by atoms with van der Waals surface area (Å²) in [5, 5.41) is 3.26. The van der Waals surface area contributed by atoms with E-state index < -0.39 is 0 Å². The van der Waals surface area contributed by atoms with Crippen LogP contribution in [0.2, 0.25) is 0 Å². The van der Waals surface area contributed by atoms with E-state index >= 15 is 0 Å². The van der Waals surface area contributed by atoms with Crippen LogP contribution in [0.3, 0.4) is 0 Å². The van der Waals surface area contributed by atoms with Crippen molar-refractivity contribution in [2.24, 2.45) is 0 Å². The monoisotopic (exact) mass is 357 g/mol. The molecular formula is C18H19N3O3S. The second kappa shape index (κ2) is 9.55. The predicted molar refractivity (Wildman–Crippen MR) is 96.2 cm³/mol. The Hall–Kier alpha value is -2.72. The number of aryl methyl sites for hydroxylation is 1. The van der Waals surface area contributed by atoms with E-state index in [4.69, 9.17) is 4.74 Å². The lowest BCUT2D eigenvalue weighted by atomic mass is 10.2. The van der Waals surface area contributed by atoms with Gasteiger partial charge in [-0.1, -0.05) is 17.3 Å². The number of aromatic nitrogens is 2. The highest BCUT2D eigenvalue weighted by Gasteiger charge is 2.10. The van der Waals surface area contributed by atoms with Gasteiger partial charge in [-0.2, -0.15) is 0 Å². The van der Waals surface area contributed by atoms with Crippen LogP contribution in [-0.2, 0) is 14.3 Å². The average molecular weight is 357 g/mol. The second-order valence-corrected chi connectivity index (χ2v) is 6.13. The van der Waals surface area contributed by atoms with E-state index in [1.54, 1.807) is 19.3 Å². The van der Waals surface area contributed by atoms with Crippen molar-refractivity contribution >= 4 is 28.3 Å². The lowest BCUT2D eigenvalue weighted by Gasteiger charge is -2.02. The molecule has 25 heavy (non-hydrogen) atoms. The fourth-order valence-corrected chi connectivity index (χ4v) is 2.77. The quantitative estimate of drug-likeness (QED) is 0.635. The summed E-state index contributed by atoms with van der Waals surface area (Å²) in [7, 11) is 0. The summed E-state index contributed by atoms with van der Waals surface area (Å²) in [6.45, 7) is 3.96. The van der Waals surface area contributed by atoms with Gasteiger partial charge in [0.15, 0.2) is 5.13 Å². The van der Waals surface area contributed by atoms with Crippen LogP contribution in [0.15, 0.2) is 24.5 Å². The Balaban J connectivity index is 1.88. The number of esters is 1. The summed E-state index contributed by atoms with van der Waals surface area (Å²) in [6.07, 6.45) is 4.30. The number of hydrogen-bond acceptors (Lipinski definition) is 6. The van der Waals surface area contributed by atoms with E-state index in [1.165, 1.54) is 11.3 Å². The first-order valence-corrected chi connectivity index (χ1v) is 8.75. The van der Waals surface area contributed by atoms with Crippen LogP contribution in [0.25, 0.3) is 0 Å². The van der Waals surface area contributed by atoms with Crippen molar-refractivity contribution in [2.45, 2.75) is 33.1 Å². The van der Waals surface area contributed by atoms with Gasteiger partial charge in [-0.25, -0.2) is 4.98 Å². The first-order chi connectivity index (χ1) is 12.1. The lowest BCUT2D eigenvalue weighted by Crippen LogP contribution is -2.12. The zero-order valence-corrected chi connectivity index (χ0v) is 15.0. The van der Waals surface area contributed by atoms with Crippen molar-refractivity contribution in [2.75, 3.05) is 11.9 Å². The third-order valence-electron chi connectivity index (χ3n) is 3.13. The molecule has 0 radical (unpaired) electrons. The smallest absolute Gasteiger partial charge is 0.305 e. The Morgan fingerprint density at radius 1 is 1.24 bits per heavy atom. The molecule has 0 aliphatic heterocycles. The van der Waals surface area contributed by atoms with Crippen molar-refractivity contribution in [3.8, 4) is 11.8 Å². The van der Waals surface area contributed by atoms with Gasteiger partial charge in [-0.15, -0.1) is 0 Å². The molecule has 2 aromatic heterocycles. The van der Waals surface area contributed by atoms with Crippen LogP contribution in [0.4, 0.5) is 5.13 Å². The van der Waals surface area contributed by atoms with Crippen LogP contribution in [0.1, 0.15) is 42.3 Å². The molecule has 1 amide bonds. The number of ether oxygens (including phenoxy) is 1. The van der Waals surface area contributed by atoms with Crippen LogP contribution in [-0.4, -0.2) is 28.5 Å². The molecule has 0 aliphatic rings. The minimum atomic E-state index is -0.283. The summed E-state index contributed by atoms with van der Waals surface area (Å²) in [6, 6.07) is 3.66. The largest absolute Gasteiger partial charge is 0.466 e. The standard InChI is InChI=1S/C18H19N3O3S/c1-3-24-17(23)6-4-5-16(22)21-18-20-13(2)15(25-18)8-7-14-9-11-19-12-10-14/h9-12H,3-6H2,1-2H3,(H,20,21,22). The summed E-state index contributed by atoms with van der Waals surface area (Å²) < 4.78 is 4.82. The molecule has 0 fully saturated rings. The van der Waals surface area contributed by atoms with Gasteiger partial charge >= 0.3 is 5.97 Å². The van der Waals surface area contributed by atoms with Crippen LogP contribution in [0, 0.1) is 18.8 Å². The highest BCUT2D eigenvalue weighted by atomic mass is 32.1. The topological polar surface area (TPSA) is 81.2 Å². The molecular weight excluding hydrogens is 338 g/mol. The van der Waals surface area contributed by atoms with Crippen LogP contribution >= 0.6 is 11.3 Å². The van der Waals surface area contributed by atoms with Crippen LogP contribution < -0.4 is 5.32 Å². The Bertz CT molecular complexity index is 791. The number of carbonyl (C=O) groups is 2. The van der Waals surface area contributed by atoms with E-state index in [0.717, 1.165) is 16.1 Å². The van der Waals surface area contributed by atoms with Crippen molar-refractivity contribution in [3.63, 3.8) is 0 Å². The van der Waals surface area contributed by atoms with Gasteiger partial charge in [0.1, 0.15) is 4.88 Å². The highest BCUT2D eigenvalue weighted by molar-refractivity contribution is 7.16. The molecule has 2 heterocycles. The maximum atomic E-state index is 11.9. The predicted octanol–water partition coefficient (Wildman–Crippen LogP) is 2.92. The number of hydrogen-bond donors (Lipinski definition) is 1. The number of nitrogens with one attached hydrogen (secondary N) is 1. The zero-order chi connectivity index (χ0) is 18.1. The maximum absolute atomic E-state index is 11.9. The molecule has 0 saturated heterocycles. The first kappa shape index (κ1) is 18.6. The number of carbonyl (C=O) groups excluding carboxylic acids is 2. The molecule has 130 valence electrons. The number of thiazole rings is 1. The number of amides is 1. The Morgan fingerprint density at radius 2 is 2.00 bits per heavy atom. The third kappa shape index (κ3) is 6.36. The van der Waals surface area contributed by atoms with Crippen molar-refractivity contribution < 1.29 is 14.3 Å². The maximum Gasteiger partial charge on any atom is 0.305 e. The van der Waals surface area contributed by atoms with E-state index in [9.17, 15) is 9.59 Å². The fourth-order valence-electron chi connectivity index (χ4n) is 1.94. The van der Waals surface area contributed by atoms with Crippen molar-refractivity contribution in [3.05, 3.63) is 40.7 Å². The van der Waals surface area contributed by atoms with Crippen molar-refractivity contribution in [1.82, 2.24) is 9.97 Å². The summed E-state index contributed by atoms with van der Waals surface area (Å²) >= 11 is 1.33. The van der Waals surface area contributed by atoms with Gasteiger partial charge in [-0.05, 0) is 38.3 Å². The number of nitrogens with zero attached hydrogens (tertiary/aromatic N) is 2. The molecule has 2 rings (SSSR count). The molecule has 0 aliphatic carbocycles. The van der Waals surface area contributed by atoms with E-state index in [0.29, 0.717) is 18.2 Å². The average Bonchev–Trinajstić information content (AvgIpc) is 2.93. The number of pyridine rings is 1. The van der Waals surface area contributed by atoms with Crippen LogP contribution in [0.5, 0.6) is 0 Å². The Morgan fingerprint density at radius 3 is 2.72 bits per heavy atom. The minimum absolute atomic E-state index is 0.174. The van der Waals surface area contributed by atoms with Gasteiger partial charge in [0, 0.05) is 30.8 Å². The van der Waals surface area contributed by atoms with Crippen molar-refractivity contribution in [1.29, 1.82) is 0 Å². The number of anilines is 1. The molecule has 0 unspecified atom stereocenters. The lowest BCUT2D eigenvalue weighted by molar-refractivity contribution is -0.143. The SMILES string of the molecule is CCOC(=O)CCCC(=O)Nc1nc(C)c(C#Cc2ccncc2)s1. The molecule has 0 bridgehead atoms. The zero-order valence-electron chi connectivity index (χ0n) is 14.2. The van der Waals surface area contributed by atoms with E-state index in [1.807, 2.05) is 19.1 Å². The summed E-state index contributed by atoms with van der Waals surface area (Å²) in [5.74, 6) is 5.65. The molecule has 0 saturated carbocycles. The number of rotatable bonds is 6.